The second-order valence-electron chi connectivity index (χ2n) is 28.4. The third-order valence-corrected chi connectivity index (χ3v) is 18.4. The van der Waals surface area contributed by atoms with Gasteiger partial charge in [-0.05, 0) is 12.8 Å². The van der Waals surface area contributed by atoms with Gasteiger partial charge in [0.05, 0.1) is 34.4 Å². The van der Waals surface area contributed by atoms with Crippen molar-refractivity contribution in [1.29, 1.82) is 0 Å². The van der Waals surface area contributed by atoms with E-state index >= 15 is 0 Å². The molecule has 9 nitrogen and oxygen atoms in total. The molecule has 2 unspecified atom stereocenters. The summed E-state index contributed by atoms with van der Waals surface area (Å²) < 4.78 is 23.1. The first-order valence-electron chi connectivity index (χ1n) is 39.2. The average Bonchev–Trinajstić information content (AvgIpc) is 3.59. The van der Waals surface area contributed by atoms with Crippen molar-refractivity contribution in [3.05, 3.63) is 0 Å². The molecule has 1 N–H and O–H groups in total. The third kappa shape index (κ3) is 71.6. The first-order chi connectivity index (χ1) is 42.6. The maximum atomic E-state index is 13.0. The van der Waals surface area contributed by atoms with Crippen molar-refractivity contribution >= 4 is 17.9 Å². The van der Waals surface area contributed by atoms with Gasteiger partial charge in [0.25, 0.3) is 6.29 Å². The molecule has 0 rings (SSSR count). The molecule has 87 heavy (non-hydrogen) atoms. The third-order valence-electron chi connectivity index (χ3n) is 18.4. The summed E-state index contributed by atoms with van der Waals surface area (Å²) in [6.45, 7) is 4.98. The Balaban J connectivity index is 3.96. The minimum Gasteiger partial charge on any atom is -0.477 e. The van der Waals surface area contributed by atoms with Crippen molar-refractivity contribution in [1.82, 2.24) is 0 Å². The number of quaternary nitrogens is 1. The van der Waals surface area contributed by atoms with Gasteiger partial charge in [0.1, 0.15) is 13.2 Å². The summed E-state index contributed by atoms with van der Waals surface area (Å²) in [5, 5.41) is 9.76. The van der Waals surface area contributed by atoms with Gasteiger partial charge >= 0.3 is 17.9 Å². The molecule has 0 aromatic rings. The molecule has 0 spiro atoms. The zero-order valence-electron chi connectivity index (χ0n) is 59.5. The van der Waals surface area contributed by atoms with Gasteiger partial charge in [-0.15, -0.1) is 0 Å². The highest BCUT2D eigenvalue weighted by atomic mass is 16.7. The molecule has 0 radical (unpaired) electrons. The maximum Gasteiger partial charge on any atom is 0.361 e. The monoisotopic (exact) mass is 1230 g/mol. The van der Waals surface area contributed by atoms with Gasteiger partial charge in [0.15, 0.2) is 6.10 Å². The lowest BCUT2D eigenvalue weighted by molar-refractivity contribution is -0.870. The minimum absolute atomic E-state index is 0.172. The van der Waals surface area contributed by atoms with E-state index in [1.807, 2.05) is 21.1 Å². The fourth-order valence-corrected chi connectivity index (χ4v) is 12.4. The summed E-state index contributed by atoms with van der Waals surface area (Å²) in [5.74, 6) is -1.96. The van der Waals surface area contributed by atoms with E-state index in [0.717, 1.165) is 38.5 Å². The lowest BCUT2D eigenvalue weighted by Crippen LogP contribution is -2.40. The van der Waals surface area contributed by atoms with Crippen LogP contribution in [0.2, 0.25) is 0 Å². The number of carbonyl (C=O) groups is 3. The van der Waals surface area contributed by atoms with Gasteiger partial charge in [-0.3, -0.25) is 9.59 Å². The summed E-state index contributed by atoms with van der Waals surface area (Å²) in [6.07, 6.45) is 82.6. The van der Waals surface area contributed by atoms with Crippen LogP contribution in [0.5, 0.6) is 0 Å². The molecule has 0 aliphatic rings. The van der Waals surface area contributed by atoms with E-state index < -0.39 is 18.4 Å². The van der Waals surface area contributed by atoms with Crippen molar-refractivity contribution in [3.8, 4) is 0 Å². The van der Waals surface area contributed by atoms with Gasteiger partial charge in [-0.25, -0.2) is 4.79 Å². The number of aliphatic carboxylic acids is 1. The quantitative estimate of drug-likeness (QED) is 0.0278. The highest BCUT2D eigenvalue weighted by Crippen LogP contribution is 2.21. The van der Waals surface area contributed by atoms with Crippen molar-refractivity contribution in [2.24, 2.45) is 0 Å². The molecule has 0 aliphatic heterocycles. The number of carboxylic acid groups (broad SMARTS) is 1. The fraction of sp³-hybridized carbons (Fsp3) is 0.962. The van der Waals surface area contributed by atoms with E-state index in [0.29, 0.717) is 17.4 Å². The molecule has 0 saturated carbocycles. The highest BCUT2D eigenvalue weighted by molar-refractivity contribution is 5.71. The van der Waals surface area contributed by atoms with Crippen LogP contribution < -0.4 is 0 Å². The number of ether oxygens (including phenoxy) is 4. The van der Waals surface area contributed by atoms with Crippen molar-refractivity contribution in [3.63, 3.8) is 0 Å². The Kier molecular flexibility index (Phi) is 68.8. The van der Waals surface area contributed by atoms with Gasteiger partial charge in [0.2, 0.25) is 0 Å². The Morgan fingerprint density at radius 1 is 0.299 bits per heavy atom. The van der Waals surface area contributed by atoms with Crippen LogP contribution in [-0.2, 0) is 33.3 Å². The Labute approximate surface area is 543 Å². The smallest absolute Gasteiger partial charge is 0.361 e. The largest absolute Gasteiger partial charge is 0.477 e. The fourth-order valence-electron chi connectivity index (χ4n) is 12.4. The summed E-state index contributed by atoms with van der Waals surface area (Å²) >= 11 is 0. The molecule has 0 fully saturated rings. The highest BCUT2D eigenvalue weighted by Gasteiger charge is 2.25. The predicted molar refractivity (Wildman–Crippen MR) is 374 cm³/mol. The number of nitrogens with zero attached hydrogens (tertiary/aromatic N) is 1. The van der Waals surface area contributed by atoms with Crippen molar-refractivity contribution in [2.45, 2.75) is 437 Å². The molecule has 0 amide bonds. The number of carboxylic acids is 1. The Morgan fingerprint density at radius 3 is 0.736 bits per heavy atom. The number of hydrogen-bond donors (Lipinski definition) is 1. The number of hydrogen-bond acceptors (Lipinski definition) is 7. The second kappa shape index (κ2) is 70.2. The van der Waals surface area contributed by atoms with Gasteiger partial charge in [-0.2, -0.15) is 0 Å². The van der Waals surface area contributed by atoms with Crippen LogP contribution in [0.15, 0.2) is 0 Å². The molecule has 518 valence electrons. The zero-order chi connectivity index (χ0) is 63.3. The lowest BCUT2D eigenvalue weighted by Gasteiger charge is -2.25. The number of unbranched alkanes of at least 4 members (excludes halogenated alkanes) is 60. The van der Waals surface area contributed by atoms with Gasteiger partial charge in [-0.1, -0.05) is 399 Å². The van der Waals surface area contributed by atoms with Crippen LogP contribution in [0.4, 0.5) is 0 Å². The summed E-state index contributed by atoms with van der Waals surface area (Å²) in [5.41, 5.74) is 0. The van der Waals surface area contributed by atoms with Gasteiger partial charge in [0, 0.05) is 12.8 Å². The molecule has 0 aromatic carbocycles. The Bertz CT molecular complexity index is 1390. The van der Waals surface area contributed by atoms with Crippen LogP contribution in [-0.4, -0.2) is 87.4 Å². The standard InChI is InChI=1S/C78H153NO8/c1-6-8-10-12-14-16-18-20-22-24-26-28-30-32-34-36-37-38-39-41-43-45-47-49-51-53-55-57-59-61-63-65-67-69-76(81)87-74(73-86-78(77(82)83)84-71-70-79(3,4)5)72-85-75(80)68-66-64-62-60-58-56-54-52-50-48-46-44-42-40-35-33-31-29-27-25-23-21-19-17-15-13-11-9-7-2/h74,78H,6-73H2,1-5H3/p+1. The van der Waals surface area contributed by atoms with E-state index in [-0.39, 0.29) is 38.2 Å². The first kappa shape index (κ1) is 85.3. The Morgan fingerprint density at radius 2 is 0.517 bits per heavy atom. The molecule has 0 aromatic heterocycles. The van der Waals surface area contributed by atoms with Crippen molar-refractivity contribution < 1.29 is 42.9 Å². The van der Waals surface area contributed by atoms with Crippen LogP contribution in [0.3, 0.4) is 0 Å². The number of likely N-dealkylation sites (N-methyl/N-ethyl adjacent to an activating group) is 1. The van der Waals surface area contributed by atoms with E-state index in [2.05, 4.69) is 13.8 Å². The van der Waals surface area contributed by atoms with Crippen LogP contribution in [0.25, 0.3) is 0 Å². The predicted octanol–water partition coefficient (Wildman–Crippen LogP) is 24.6. The molecule has 0 bridgehead atoms. The summed E-state index contributed by atoms with van der Waals surface area (Å²) in [6, 6.07) is 0. The second-order valence-corrected chi connectivity index (χ2v) is 28.4. The first-order valence-corrected chi connectivity index (χ1v) is 39.2. The van der Waals surface area contributed by atoms with E-state index in [1.54, 1.807) is 0 Å². The van der Waals surface area contributed by atoms with Crippen LogP contribution >= 0.6 is 0 Å². The molecule has 0 saturated heterocycles. The SMILES string of the molecule is CCCCCCCCCCCCCCCCCCCCCCCCCCCCCCCCCCCC(=O)OC(COC(=O)CCCCCCCCCCCCCCCCCCCCCCCCCCCCCCC)COC(OCC[N+](C)(C)C)C(=O)O. The Hall–Kier alpha value is -1.71. The molecule has 0 heterocycles. The summed E-state index contributed by atoms with van der Waals surface area (Å²) in [4.78, 5) is 37.7. The number of rotatable bonds is 75. The van der Waals surface area contributed by atoms with Gasteiger partial charge < -0.3 is 28.5 Å². The van der Waals surface area contributed by atoms with E-state index in [9.17, 15) is 19.5 Å². The summed E-state index contributed by atoms with van der Waals surface area (Å²) in [7, 11) is 6.00. The van der Waals surface area contributed by atoms with E-state index in [4.69, 9.17) is 18.9 Å². The molecule has 0 aliphatic carbocycles. The molecular formula is C78H154NO8+. The normalized spacial score (nSPS) is 12.5. The van der Waals surface area contributed by atoms with Crippen LogP contribution in [0.1, 0.15) is 425 Å². The van der Waals surface area contributed by atoms with Crippen molar-refractivity contribution in [2.75, 3.05) is 47.5 Å². The molecular weight excluding hydrogens is 1080 g/mol. The molecule has 9 heteroatoms. The minimum atomic E-state index is -1.51. The van der Waals surface area contributed by atoms with Crippen LogP contribution in [0, 0.1) is 0 Å². The average molecular weight is 1230 g/mol. The maximum absolute atomic E-state index is 13.0. The zero-order valence-corrected chi connectivity index (χ0v) is 59.5. The molecule has 2 atom stereocenters. The lowest BCUT2D eigenvalue weighted by atomic mass is 10.0. The van der Waals surface area contributed by atoms with E-state index in [1.165, 1.54) is 360 Å². The number of esters is 2. The topological polar surface area (TPSA) is 108 Å². The number of carbonyl (C=O) groups excluding carboxylic acids is 2.